The van der Waals surface area contributed by atoms with Gasteiger partial charge in [-0.2, -0.15) is 0 Å². The second-order valence-corrected chi connectivity index (χ2v) is 5.71. The molecule has 0 aliphatic carbocycles. The van der Waals surface area contributed by atoms with Crippen molar-refractivity contribution in [2.75, 3.05) is 0 Å². The van der Waals surface area contributed by atoms with Gasteiger partial charge in [0.2, 0.25) is 0 Å². The molecule has 0 fully saturated rings. The van der Waals surface area contributed by atoms with Gasteiger partial charge in [0.1, 0.15) is 11.8 Å². The van der Waals surface area contributed by atoms with E-state index in [1.54, 1.807) is 25.1 Å². The van der Waals surface area contributed by atoms with E-state index in [0.717, 1.165) is 5.56 Å². The zero-order valence-corrected chi connectivity index (χ0v) is 12.7. The summed E-state index contributed by atoms with van der Waals surface area (Å²) in [6.45, 7) is 3.68. The lowest BCUT2D eigenvalue weighted by Crippen LogP contribution is -2.49. The van der Waals surface area contributed by atoms with Crippen LogP contribution in [0.5, 0.6) is 5.75 Å². The molecule has 21 heavy (non-hydrogen) atoms. The predicted molar refractivity (Wildman–Crippen MR) is 78.6 cm³/mol. The molecular weight excluding hydrogens is 294 g/mol. The molecule has 3 atom stereocenters. The van der Waals surface area contributed by atoms with E-state index >= 15 is 0 Å². The number of benzene rings is 1. The van der Waals surface area contributed by atoms with E-state index in [0.29, 0.717) is 23.6 Å². The Kier molecular flexibility index (Phi) is 4.73. The Balaban J connectivity index is 2.04. The molecule has 0 saturated carbocycles. The fourth-order valence-electron chi connectivity index (χ4n) is 2.29. The lowest BCUT2D eigenvalue weighted by atomic mass is 9.99. The van der Waals surface area contributed by atoms with Crippen LogP contribution in [0.15, 0.2) is 18.2 Å². The van der Waals surface area contributed by atoms with E-state index in [1.807, 2.05) is 6.92 Å². The SMILES string of the molecule is CC[C@H](C)[C@H](NC(=O)C1Cc2cc(Cl)ccc2O1)C(=O)O. The second kappa shape index (κ2) is 6.35. The van der Waals surface area contributed by atoms with Gasteiger partial charge in [0, 0.05) is 11.4 Å². The fourth-order valence-corrected chi connectivity index (χ4v) is 2.49. The average Bonchev–Trinajstić information content (AvgIpc) is 2.86. The quantitative estimate of drug-likeness (QED) is 0.874. The maximum Gasteiger partial charge on any atom is 0.326 e. The van der Waals surface area contributed by atoms with Gasteiger partial charge in [-0.3, -0.25) is 4.79 Å². The van der Waals surface area contributed by atoms with Crippen LogP contribution in [-0.4, -0.2) is 29.1 Å². The number of carbonyl (C=O) groups excluding carboxylic acids is 1. The number of amides is 1. The van der Waals surface area contributed by atoms with Gasteiger partial charge in [0.05, 0.1) is 0 Å². The standard InChI is InChI=1S/C15H18ClNO4/c1-3-8(2)13(15(19)20)17-14(18)12-7-9-6-10(16)4-5-11(9)21-12/h4-6,8,12-13H,3,7H2,1-2H3,(H,17,18)(H,19,20)/t8-,12?,13-/m0/s1. The van der Waals surface area contributed by atoms with Crippen molar-refractivity contribution in [2.24, 2.45) is 5.92 Å². The van der Waals surface area contributed by atoms with Crippen LogP contribution in [0.4, 0.5) is 0 Å². The Hall–Kier alpha value is -1.75. The molecule has 0 bridgehead atoms. The monoisotopic (exact) mass is 311 g/mol. The van der Waals surface area contributed by atoms with Gasteiger partial charge in [0.25, 0.3) is 5.91 Å². The van der Waals surface area contributed by atoms with E-state index in [9.17, 15) is 14.7 Å². The van der Waals surface area contributed by atoms with Crippen LogP contribution in [0.1, 0.15) is 25.8 Å². The molecule has 0 aromatic heterocycles. The highest BCUT2D eigenvalue weighted by Crippen LogP contribution is 2.31. The Labute approximate surface area is 128 Å². The molecule has 0 saturated heterocycles. The smallest absolute Gasteiger partial charge is 0.326 e. The zero-order valence-electron chi connectivity index (χ0n) is 11.9. The number of ether oxygens (including phenoxy) is 1. The summed E-state index contributed by atoms with van der Waals surface area (Å²) in [5.41, 5.74) is 0.859. The summed E-state index contributed by atoms with van der Waals surface area (Å²) in [4.78, 5) is 23.4. The zero-order chi connectivity index (χ0) is 15.6. The van der Waals surface area contributed by atoms with Crippen molar-refractivity contribution in [3.8, 4) is 5.75 Å². The summed E-state index contributed by atoms with van der Waals surface area (Å²) < 4.78 is 5.55. The fraction of sp³-hybridized carbons (Fsp3) is 0.467. The van der Waals surface area contributed by atoms with Crippen LogP contribution in [-0.2, 0) is 16.0 Å². The van der Waals surface area contributed by atoms with Crippen LogP contribution in [0.25, 0.3) is 0 Å². The molecule has 5 nitrogen and oxygen atoms in total. The number of carboxylic acids is 1. The number of carbonyl (C=O) groups is 2. The molecule has 6 heteroatoms. The van der Waals surface area contributed by atoms with Crippen LogP contribution in [0, 0.1) is 5.92 Å². The topological polar surface area (TPSA) is 75.6 Å². The van der Waals surface area contributed by atoms with Crippen LogP contribution in [0.3, 0.4) is 0 Å². The lowest BCUT2D eigenvalue weighted by Gasteiger charge is -2.21. The van der Waals surface area contributed by atoms with Crippen molar-refractivity contribution in [1.82, 2.24) is 5.32 Å². The van der Waals surface area contributed by atoms with E-state index in [-0.39, 0.29) is 5.92 Å². The largest absolute Gasteiger partial charge is 0.480 e. The van der Waals surface area contributed by atoms with Gasteiger partial charge in [0.15, 0.2) is 6.10 Å². The maximum atomic E-state index is 12.2. The molecule has 2 N–H and O–H groups in total. The van der Waals surface area contributed by atoms with Gasteiger partial charge in [-0.25, -0.2) is 4.79 Å². The van der Waals surface area contributed by atoms with Crippen molar-refractivity contribution < 1.29 is 19.4 Å². The molecule has 0 spiro atoms. The highest BCUT2D eigenvalue weighted by Gasteiger charge is 2.33. The third-order valence-electron chi connectivity index (χ3n) is 3.77. The Bertz CT molecular complexity index is 561. The minimum Gasteiger partial charge on any atom is -0.480 e. The summed E-state index contributed by atoms with van der Waals surface area (Å²) >= 11 is 5.90. The number of nitrogens with one attached hydrogen (secondary N) is 1. The molecule has 1 aromatic carbocycles. The normalized spacial score (nSPS) is 19.3. The summed E-state index contributed by atoms with van der Waals surface area (Å²) in [5.74, 6) is -0.967. The Morgan fingerprint density at radius 3 is 2.86 bits per heavy atom. The minimum absolute atomic E-state index is 0.148. The molecule has 1 aliphatic rings. The van der Waals surface area contributed by atoms with Crippen molar-refractivity contribution in [3.05, 3.63) is 28.8 Å². The Morgan fingerprint density at radius 1 is 1.52 bits per heavy atom. The van der Waals surface area contributed by atoms with E-state index < -0.39 is 24.0 Å². The number of halogens is 1. The van der Waals surface area contributed by atoms with Crippen LogP contribution < -0.4 is 10.1 Å². The first-order valence-electron chi connectivity index (χ1n) is 6.90. The molecule has 114 valence electrons. The van der Waals surface area contributed by atoms with Crippen molar-refractivity contribution in [1.29, 1.82) is 0 Å². The number of rotatable bonds is 5. The van der Waals surface area contributed by atoms with E-state index in [2.05, 4.69) is 5.32 Å². The first kappa shape index (κ1) is 15.6. The van der Waals surface area contributed by atoms with Crippen molar-refractivity contribution in [3.63, 3.8) is 0 Å². The number of carboxylic acid groups (broad SMARTS) is 1. The highest BCUT2D eigenvalue weighted by molar-refractivity contribution is 6.30. The molecular formula is C15H18ClNO4. The second-order valence-electron chi connectivity index (χ2n) is 5.27. The predicted octanol–water partition coefficient (Wildman–Crippen LogP) is 2.26. The van der Waals surface area contributed by atoms with Crippen LogP contribution >= 0.6 is 11.6 Å². The molecule has 1 aromatic rings. The number of aliphatic carboxylic acids is 1. The van der Waals surface area contributed by atoms with Gasteiger partial charge in [-0.05, 0) is 29.7 Å². The molecule has 0 radical (unpaired) electrons. The molecule has 1 aliphatic heterocycles. The number of hydrogen-bond acceptors (Lipinski definition) is 3. The highest BCUT2D eigenvalue weighted by atomic mass is 35.5. The number of hydrogen-bond donors (Lipinski definition) is 2. The van der Waals surface area contributed by atoms with Crippen molar-refractivity contribution in [2.45, 2.75) is 38.8 Å². The third kappa shape index (κ3) is 3.47. The summed E-state index contributed by atoms with van der Waals surface area (Å²) in [5, 5.41) is 12.4. The molecule has 1 heterocycles. The van der Waals surface area contributed by atoms with Crippen molar-refractivity contribution >= 4 is 23.5 Å². The number of fused-ring (bicyclic) bond motifs is 1. The van der Waals surface area contributed by atoms with Gasteiger partial charge in [-0.1, -0.05) is 31.9 Å². The summed E-state index contributed by atoms with van der Waals surface area (Å²) in [6.07, 6.45) is 0.358. The molecule has 1 amide bonds. The van der Waals surface area contributed by atoms with E-state index in [1.165, 1.54) is 0 Å². The van der Waals surface area contributed by atoms with Crippen LogP contribution in [0.2, 0.25) is 5.02 Å². The Morgan fingerprint density at radius 2 is 2.24 bits per heavy atom. The summed E-state index contributed by atoms with van der Waals surface area (Å²) in [7, 11) is 0. The minimum atomic E-state index is -1.03. The third-order valence-corrected chi connectivity index (χ3v) is 4.00. The van der Waals surface area contributed by atoms with Gasteiger partial charge >= 0.3 is 5.97 Å². The molecule has 1 unspecified atom stereocenters. The first-order chi connectivity index (χ1) is 9.92. The van der Waals surface area contributed by atoms with E-state index in [4.69, 9.17) is 16.3 Å². The first-order valence-corrected chi connectivity index (χ1v) is 7.28. The molecule has 2 rings (SSSR count). The average molecular weight is 312 g/mol. The lowest BCUT2D eigenvalue weighted by molar-refractivity contribution is -0.144. The van der Waals surface area contributed by atoms with Gasteiger partial charge in [-0.15, -0.1) is 0 Å². The maximum absolute atomic E-state index is 12.2. The van der Waals surface area contributed by atoms with Gasteiger partial charge < -0.3 is 15.2 Å². The summed E-state index contributed by atoms with van der Waals surface area (Å²) in [6, 6.07) is 4.26.